The van der Waals surface area contributed by atoms with Crippen LogP contribution in [0.2, 0.25) is 0 Å². The predicted octanol–water partition coefficient (Wildman–Crippen LogP) is 2.00. The zero-order chi connectivity index (χ0) is 18.8. The smallest absolute Gasteiger partial charge is 0.261 e. The summed E-state index contributed by atoms with van der Waals surface area (Å²) in [4.78, 5) is 26.8. The van der Waals surface area contributed by atoms with Crippen LogP contribution in [-0.2, 0) is 17.2 Å². The fraction of sp³-hybridized carbons (Fsp3) is 0.300. The second kappa shape index (κ2) is 7.62. The molecule has 2 amide bonds. The van der Waals surface area contributed by atoms with E-state index in [9.17, 15) is 13.8 Å². The molecule has 6 nitrogen and oxygen atoms in total. The van der Waals surface area contributed by atoms with E-state index in [1.54, 1.807) is 24.3 Å². The number of carbonyl (C=O) groups is 2. The summed E-state index contributed by atoms with van der Waals surface area (Å²) in [6.45, 7) is 1.88. The van der Waals surface area contributed by atoms with Crippen LogP contribution in [0.1, 0.15) is 32.7 Å². The molecule has 0 saturated heterocycles. The van der Waals surface area contributed by atoms with Crippen LogP contribution in [0.3, 0.4) is 0 Å². The number of rotatable bonds is 7. The Labute approximate surface area is 160 Å². The van der Waals surface area contributed by atoms with Crippen molar-refractivity contribution >= 4 is 28.3 Å². The van der Waals surface area contributed by atoms with Crippen molar-refractivity contribution in [2.24, 2.45) is 0 Å². The van der Waals surface area contributed by atoms with Gasteiger partial charge in [0.2, 0.25) is 0 Å². The number of imide groups is 1. The monoisotopic (exact) mass is 383 g/mol. The summed E-state index contributed by atoms with van der Waals surface area (Å²) < 4.78 is 12.1. The first-order chi connectivity index (χ1) is 13.2. The topological polar surface area (TPSA) is 78.5 Å². The third-order valence-corrected chi connectivity index (χ3v) is 6.25. The predicted molar refractivity (Wildman–Crippen MR) is 104 cm³/mol. The Morgan fingerprint density at radius 2 is 1.74 bits per heavy atom. The summed E-state index contributed by atoms with van der Waals surface area (Å²) in [5, 5.41) is 6.50. The molecule has 4 rings (SSSR count). The number of fused-ring (bicyclic) bond motifs is 2. The van der Waals surface area contributed by atoms with Crippen molar-refractivity contribution < 1.29 is 13.8 Å². The molecule has 140 valence electrons. The van der Waals surface area contributed by atoms with Crippen LogP contribution in [0.25, 0.3) is 0 Å². The molecule has 27 heavy (non-hydrogen) atoms. The number of anilines is 1. The Bertz CT molecular complexity index is 893. The minimum absolute atomic E-state index is 0.203. The minimum atomic E-state index is -0.968. The molecule has 2 aliphatic rings. The van der Waals surface area contributed by atoms with Gasteiger partial charge in [-0.05, 0) is 49.7 Å². The van der Waals surface area contributed by atoms with E-state index in [0.717, 1.165) is 29.1 Å². The molecule has 2 aromatic rings. The molecule has 2 heterocycles. The van der Waals surface area contributed by atoms with Crippen molar-refractivity contribution in [3.8, 4) is 0 Å². The largest absolute Gasteiger partial charge is 0.372 e. The quantitative estimate of drug-likeness (QED) is 0.565. The molecule has 0 saturated carbocycles. The van der Waals surface area contributed by atoms with E-state index in [0.29, 0.717) is 36.5 Å². The number of hydrogen-bond acceptors (Lipinski definition) is 5. The summed E-state index contributed by atoms with van der Waals surface area (Å²) in [5.41, 5.74) is 3.06. The van der Waals surface area contributed by atoms with Crippen molar-refractivity contribution in [2.45, 2.75) is 17.7 Å². The van der Waals surface area contributed by atoms with Gasteiger partial charge in [-0.1, -0.05) is 24.3 Å². The molecule has 0 bridgehead atoms. The Morgan fingerprint density at radius 3 is 2.48 bits per heavy atom. The molecule has 1 unspecified atom stereocenters. The van der Waals surface area contributed by atoms with Gasteiger partial charge in [-0.15, -0.1) is 0 Å². The van der Waals surface area contributed by atoms with Gasteiger partial charge < -0.3 is 10.6 Å². The summed E-state index contributed by atoms with van der Waals surface area (Å²) in [7, 11) is -0.968. The maximum atomic E-state index is 12.3. The second-order valence-electron chi connectivity index (χ2n) is 6.62. The summed E-state index contributed by atoms with van der Waals surface area (Å²) in [6.07, 6.45) is 1.50. The zero-order valence-corrected chi connectivity index (χ0v) is 15.7. The van der Waals surface area contributed by atoms with E-state index >= 15 is 0 Å². The number of hydrogen-bond donors (Lipinski definition) is 2. The lowest BCUT2D eigenvalue weighted by Gasteiger charge is -2.14. The minimum Gasteiger partial charge on any atom is -0.372 e. The average Bonchev–Trinajstić information content (AvgIpc) is 3.18. The summed E-state index contributed by atoms with van der Waals surface area (Å²) >= 11 is 0. The van der Waals surface area contributed by atoms with E-state index in [-0.39, 0.29) is 11.8 Å². The molecule has 0 aliphatic carbocycles. The van der Waals surface area contributed by atoms with Crippen LogP contribution in [0.4, 0.5) is 5.69 Å². The number of amides is 2. The van der Waals surface area contributed by atoms with Gasteiger partial charge in [0, 0.05) is 6.54 Å². The third kappa shape index (κ3) is 3.40. The molecule has 2 aliphatic heterocycles. The maximum Gasteiger partial charge on any atom is 0.261 e. The molecule has 1 atom stereocenters. The van der Waals surface area contributed by atoms with E-state index in [1.807, 2.05) is 18.2 Å². The highest BCUT2D eigenvalue weighted by atomic mass is 32.2. The van der Waals surface area contributed by atoms with Gasteiger partial charge >= 0.3 is 0 Å². The van der Waals surface area contributed by atoms with Crippen molar-refractivity contribution in [3.63, 3.8) is 0 Å². The van der Waals surface area contributed by atoms with Crippen LogP contribution in [0, 0.1) is 0 Å². The molecule has 0 fully saturated rings. The van der Waals surface area contributed by atoms with E-state index < -0.39 is 10.8 Å². The fourth-order valence-corrected chi connectivity index (χ4v) is 4.84. The molecular formula is C20H21N3O3S. The van der Waals surface area contributed by atoms with Crippen molar-refractivity contribution in [3.05, 3.63) is 59.2 Å². The third-order valence-electron chi connectivity index (χ3n) is 4.90. The molecule has 7 heteroatoms. The highest BCUT2D eigenvalue weighted by molar-refractivity contribution is 7.85. The second-order valence-corrected chi connectivity index (χ2v) is 8.01. The SMILES string of the molecule is O=C1c2ccccc2C(=O)N1CCCNCCc1cccc2c1S(=O)CN2. The van der Waals surface area contributed by atoms with Gasteiger partial charge in [0.1, 0.15) is 0 Å². The molecular weight excluding hydrogens is 362 g/mol. The highest BCUT2D eigenvalue weighted by Gasteiger charge is 2.34. The van der Waals surface area contributed by atoms with E-state index in [1.165, 1.54) is 4.90 Å². The van der Waals surface area contributed by atoms with Crippen LogP contribution in [0.5, 0.6) is 0 Å². The number of nitrogens with zero attached hydrogens (tertiary/aromatic N) is 1. The number of carbonyl (C=O) groups excluding carboxylic acids is 2. The maximum absolute atomic E-state index is 12.3. The van der Waals surface area contributed by atoms with Gasteiger partial charge in [-0.25, -0.2) is 0 Å². The van der Waals surface area contributed by atoms with Gasteiger partial charge in [-0.3, -0.25) is 18.7 Å². The average molecular weight is 383 g/mol. The summed E-state index contributed by atoms with van der Waals surface area (Å²) in [5.74, 6) is 0.0796. The summed E-state index contributed by atoms with van der Waals surface area (Å²) in [6, 6.07) is 12.9. The van der Waals surface area contributed by atoms with E-state index in [4.69, 9.17) is 0 Å². The number of benzene rings is 2. The van der Waals surface area contributed by atoms with Gasteiger partial charge in [0.05, 0.1) is 38.4 Å². The first-order valence-corrected chi connectivity index (χ1v) is 10.4. The Hall–Kier alpha value is -2.51. The first kappa shape index (κ1) is 17.9. The molecule has 2 aromatic carbocycles. The highest BCUT2D eigenvalue weighted by Crippen LogP contribution is 2.29. The van der Waals surface area contributed by atoms with Gasteiger partial charge in [0.25, 0.3) is 11.8 Å². The standard InChI is InChI=1S/C20H21N3O3S/c24-19-15-6-1-2-7-16(15)20(25)23(19)12-4-10-21-11-9-14-5-3-8-17-18(14)27(26)13-22-17/h1-3,5-8,21-22H,4,9-13H2. The van der Waals surface area contributed by atoms with Crippen molar-refractivity contribution in [1.82, 2.24) is 10.2 Å². The Morgan fingerprint density at radius 1 is 1.00 bits per heavy atom. The molecule has 0 aromatic heterocycles. The fourth-order valence-electron chi connectivity index (χ4n) is 3.56. The lowest BCUT2D eigenvalue weighted by molar-refractivity contribution is 0.0652. The van der Waals surface area contributed by atoms with Crippen LogP contribution >= 0.6 is 0 Å². The van der Waals surface area contributed by atoms with Crippen LogP contribution in [0.15, 0.2) is 47.4 Å². The van der Waals surface area contributed by atoms with Gasteiger partial charge in [-0.2, -0.15) is 0 Å². The number of nitrogens with one attached hydrogen (secondary N) is 2. The Kier molecular flexibility index (Phi) is 5.05. The van der Waals surface area contributed by atoms with Gasteiger partial charge in [0.15, 0.2) is 0 Å². The van der Waals surface area contributed by atoms with E-state index in [2.05, 4.69) is 10.6 Å². The van der Waals surface area contributed by atoms with Crippen molar-refractivity contribution in [1.29, 1.82) is 0 Å². The molecule has 0 spiro atoms. The molecule has 0 radical (unpaired) electrons. The van der Waals surface area contributed by atoms with Crippen molar-refractivity contribution in [2.75, 3.05) is 30.8 Å². The lowest BCUT2D eigenvalue weighted by atomic mass is 10.1. The van der Waals surface area contributed by atoms with Crippen LogP contribution < -0.4 is 10.6 Å². The zero-order valence-electron chi connectivity index (χ0n) is 14.9. The van der Waals surface area contributed by atoms with Crippen LogP contribution in [-0.4, -0.2) is 46.4 Å². The first-order valence-electron chi connectivity index (χ1n) is 9.07. The normalized spacial score (nSPS) is 17.8. The Balaban J connectivity index is 1.23. The molecule has 2 N–H and O–H groups in total. The lowest BCUT2D eigenvalue weighted by Crippen LogP contribution is -2.32.